The van der Waals surface area contributed by atoms with Gasteiger partial charge in [0.15, 0.2) is 5.41 Å². The van der Waals surface area contributed by atoms with Crippen molar-refractivity contribution < 1.29 is 39.2 Å². The van der Waals surface area contributed by atoms with E-state index in [4.69, 9.17) is 5.14 Å². The van der Waals surface area contributed by atoms with E-state index in [2.05, 4.69) is 0 Å². The van der Waals surface area contributed by atoms with Gasteiger partial charge in [0.1, 0.15) is 5.82 Å². The minimum atomic E-state index is -5.71. The lowest BCUT2D eigenvalue weighted by molar-refractivity contribution is -0.301. The minimum absolute atomic E-state index is 0.0393. The monoisotopic (exact) mass is 451 g/mol. The standard InChI is InChI=1S/C19H12F7NO2S/c20-13-5-1-11(2-6-13)15-9-17(18(21,22)23,19(24,25)26)10-16(15)12-3-7-14(8-4-12)30(27,28)29/h1-10H,(H2,27,28,29). The molecule has 0 saturated carbocycles. The molecular weight excluding hydrogens is 439 g/mol. The Hall–Kier alpha value is -2.66. The molecule has 2 aromatic rings. The van der Waals surface area contributed by atoms with E-state index in [1.807, 2.05) is 0 Å². The number of primary sulfonamides is 1. The second-order valence-electron chi connectivity index (χ2n) is 6.56. The van der Waals surface area contributed by atoms with Crippen molar-refractivity contribution >= 4 is 21.2 Å². The van der Waals surface area contributed by atoms with Crippen LogP contribution in [0.25, 0.3) is 11.1 Å². The Labute approximate surface area is 166 Å². The van der Waals surface area contributed by atoms with Gasteiger partial charge in [-0.3, -0.25) is 0 Å². The SMILES string of the molecule is NS(=O)(=O)c1ccc(C2=CC(C(F)(F)F)(C(F)(F)F)C=C2c2ccc(F)cc2)cc1. The summed E-state index contributed by atoms with van der Waals surface area (Å²) in [6.07, 6.45) is -11.3. The largest absolute Gasteiger partial charge is 0.410 e. The number of allylic oxidation sites excluding steroid dienone is 4. The van der Waals surface area contributed by atoms with E-state index >= 15 is 0 Å². The van der Waals surface area contributed by atoms with Crippen LogP contribution >= 0.6 is 0 Å². The van der Waals surface area contributed by atoms with Crippen molar-refractivity contribution in [2.75, 3.05) is 0 Å². The minimum Gasteiger partial charge on any atom is -0.225 e. The molecule has 0 saturated heterocycles. The van der Waals surface area contributed by atoms with Gasteiger partial charge in [0.05, 0.1) is 4.90 Å². The highest BCUT2D eigenvalue weighted by Crippen LogP contribution is 2.59. The molecule has 0 radical (unpaired) electrons. The second-order valence-corrected chi connectivity index (χ2v) is 8.12. The maximum atomic E-state index is 13.6. The molecule has 11 heteroatoms. The number of alkyl halides is 6. The van der Waals surface area contributed by atoms with Gasteiger partial charge in [0.25, 0.3) is 0 Å². The highest BCUT2D eigenvalue weighted by Gasteiger charge is 2.70. The van der Waals surface area contributed by atoms with Crippen LogP contribution in [0.3, 0.4) is 0 Å². The van der Waals surface area contributed by atoms with E-state index in [1.54, 1.807) is 0 Å². The fraction of sp³-hybridized carbons (Fsp3) is 0.158. The first-order valence-electron chi connectivity index (χ1n) is 8.14. The Balaban J connectivity index is 2.26. The number of hydrogen-bond acceptors (Lipinski definition) is 2. The van der Waals surface area contributed by atoms with Crippen LogP contribution in [0.2, 0.25) is 0 Å². The zero-order valence-corrected chi connectivity index (χ0v) is 15.5. The van der Waals surface area contributed by atoms with Crippen molar-refractivity contribution in [3.63, 3.8) is 0 Å². The van der Waals surface area contributed by atoms with Crippen molar-refractivity contribution in [1.82, 2.24) is 0 Å². The summed E-state index contributed by atoms with van der Waals surface area (Å²) < 4.78 is 118. The van der Waals surface area contributed by atoms with Gasteiger partial charge in [-0.25, -0.2) is 17.9 Å². The van der Waals surface area contributed by atoms with Crippen LogP contribution in [-0.2, 0) is 10.0 Å². The molecule has 3 nitrogen and oxygen atoms in total. The van der Waals surface area contributed by atoms with Crippen LogP contribution in [0.4, 0.5) is 30.7 Å². The molecule has 0 aromatic heterocycles. The van der Waals surface area contributed by atoms with Crippen LogP contribution in [0, 0.1) is 11.2 Å². The lowest BCUT2D eigenvalue weighted by Crippen LogP contribution is -2.46. The Morgan fingerprint density at radius 3 is 1.40 bits per heavy atom. The van der Waals surface area contributed by atoms with E-state index in [0.29, 0.717) is 0 Å². The molecule has 1 aliphatic carbocycles. The molecule has 0 aliphatic heterocycles. The summed E-state index contributed by atoms with van der Waals surface area (Å²) in [4.78, 5) is -0.366. The van der Waals surface area contributed by atoms with Gasteiger partial charge < -0.3 is 0 Å². The molecule has 1 aliphatic rings. The third-order valence-electron chi connectivity index (χ3n) is 4.62. The number of nitrogens with two attached hydrogens (primary N) is 1. The summed E-state index contributed by atoms with van der Waals surface area (Å²) in [5.74, 6) is -0.724. The van der Waals surface area contributed by atoms with Gasteiger partial charge in [-0.15, -0.1) is 0 Å². The Kier molecular flexibility index (Phi) is 5.10. The highest BCUT2D eigenvalue weighted by molar-refractivity contribution is 7.89. The van der Waals surface area contributed by atoms with E-state index in [9.17, 15) is 39.2 Å². The van der Waals surface area contributed by atoms with Crippen LogP contribution in [-0.4, -0.2) is 20.8 Å². The Morgan fingerprint density at radius 1 is 0.700 bits per heavy atom. The summed E-state index contributed by atoms with van der Waals surface area (Å²) in [5.41, 5.74) is -5.30. The Bertz CT molecular complexity index is 1110. The first-order chi connectivity index (χ1) is 13.7. The van der Waals surface area contributed by atoms with E-state index < -0.39 is 44.8 Å². The van der Waals surface area contributed by atoms with Gasteiger partial charge in [0.2, 0.25) is 10.0 Å². The third kappa shape index (κ3) is 3.74. The molecule has 0 fully saturated rings. The lowest BCUT2D eigenvalue weighted by Gasteiger charge is -2.30. The molecule has 0 heterocycles. The van der Waals surface area contributed by atoms with Gasteiger partial charge in [-0.1, -0.05) is 24.3 Å². The Morgan fingerprint density at radius 2 is 1.07 bits per heavy atom. The van der Waals surface area contributed by atoms with Crippen molar-refractivity contribution in [1.29, 1.82) is 0 Å². The van der Waals surface area contributed by atoms with Crippen molar-refractivity contribution in [2.45, 2.75) is 17.2 Å². The summed E-state index contributed by atoms with van der Waals surface area (Å²) in [5, 5.41) is 4.96. The molecule has 3 rings (SSSR count). The van der Waals surface area contributed by atoms with E-state index in [0.717, 1.165) is 48.5 Å². The fourth-order valence-corrected chi connectivity index (χ4v) is 3.59. The molecule has 2 N–H and O–H groups in total. The third-order valence-corrected chi connectivity index (χ3v) is 5.55. The zero-order chi connectivity index (χ0) is 22.5. The number of halogens is 7. The number of sulfonamides is 1. The average molecular weight is 451 g/mol. The van der Waals surface area contributed by atoms with E-state index in [-0.39, 0.29) is 28.2 Å². The van der Waals surface area contributed by atoms with Crippen LogP contribution in [0.5, 0.6) is 0 Å². The first-order valence-corrected chi connectivity index (χ1v) is 9.69. The molecule has 2 aromatic carbocycles. The normalized spacial score (nSPS) is 16.9. The first kappa shape index (κ1) is 22.0. The quantitative estimate of drug-likeness (QED) is 0.663. The smallest absolute Gasteiger partial charge is 0.225 e. The molecule has 160 valence electrons. The summed E-state index contributed by atoms with van der Waals surface area (Å²) >= 11 is 0. The molecule has 0 amide bonds. The van der Waals surface area contributed by atoms with Gasteiger partial charge in [-0.2, -0.15) is 26.3 Å². The average Bonchev–Trinajstić information content (AvgIpc) is 3.04. The topological polar surface area (TPSA) is 60.2 Å². The zero-order valence-electron chi connectivity index (χ0n) is 14.7. The van der Waals surface area contributed by atoms with Crippen LogP contribution in [0.15, 0.2) is 65.6 Å². The number of benzene rings is 2. The maximum Gasteiger partial charge on any atom is 0.410 e. The van der Waals surface area contributed by atoms with Crippen molar-refractivity contribution in [3.05, 3.63) is 77.6 Å². The predicted octanol–water partition coefficient (Wildman–Crippen LogP) is 5.06. The molecule has 30 heavy (non-hydrogen) atoms. The van der Waals surface area contributed by atoms with Gasteiger partial charge >= 0.3 is 12.4 Å². The lowest BCUT2D eigenvalue weighted by atomic mass is 9.87. The van der Waals surface area contributed by atoms with Gasteiger partial charge in [-0.05, 0) is 58.7 Å². The van der Waals surface area contributed by atoms with Gasteiger partial charge in [0, 0.05) is 0 Å². The summed E-state index contributed by atoms with van der Waals surface area (Å²) in [6.45, 7) is 0. The van der Waals surface area contributed by atoms with E-state index in [1.165, 1.54) is 0 Å². The molecule has 0 spiro atoms. The molecule has 0 unspecified atom stereocenters. The molecule has 0 atom stereocenters. The predicted molar refractivity (Wildman–Crippen MR) is 94.7 cm³/mol. The number of rotatable bonds is 3. The second kappa shape index (κ2) is 6.95. The van der Waals surface area contributed by atoms with Crippen LogP contribution in [0.1, 0.15) is 11.1 Å². The van der Waals surface area contributed by atoms with Crippen LogP contribution < -0.4 is 5.14 Å². The molecular formula is C19H12F7NO2S. The van der Waals surface area contributed by atoms with Crippen molar-refractivity contribution in [2.24, 2.45) is 10.6 Å². The fourth-order valence-electron chi connectivity index (χ4n) is 3.07. The van der Waals surface area contributed by atoms with Crippen molar-refractivity contribution in [3.8, 4) is 0 Å². The highest BCUT2D eigenvalue weighted by atomic mass is 32.2. The summed E-state index contributed by atoms with van der Waals surface area (Å²) in [6, 6.07) is 7.94. The summed E-state index contributed by atoms with van der Waals surface area (Å²) in [7, 11) is -4.12. The maximum absolute atomic E-state index is 13.6. The number of hydrogen-bond donors (Lipinski definition) is 1. The molecule has 0 bridgehead atoms.